The van der Waals surface area contributed by atoms with Gasteiger partial charge in [0, 0.05) is 61.2 Å². The summed E-state index contributed by atoms with van der Waals surface area (Å²) in [4.78, 5) is 24.9. The van der Waals surface area contributed by atoms with Crippen molar-refractivity contribution in [3.05, 3.63) is 66.1 Å². The van der Waals surface area contributed by atoms with Crippen LogP contribution in [0, 0.1) is 0 Å². The van der Waals surface area contributed by atoms with Gasteiger partial charge in [0.1, 0.15) is 18.5 Å². The van der Waals surface area contributed by atoms with E-state index in [0.29, 0.717) is 25.3 Å². The van der Waals surface area contributed by atoms with E-state index in [2.05, 4.69) is 10.3 Å². The maximum atomic E-state index is 13.8. The van der Waals surface area contributed by atoms with Gasteiger partial charge in [0.25, 0.3) is 11.8 Å². The molecular formula is C33H41F2N5O5S. The van der Waals surface area contributed by atoms with Crippen LogP contribution in [0.3, 0.4) is 0 Å². The Balaban J connectivity index is 1.16. The number of alkyl halides is 2. The zero-order valence-electron chi connectivity index (χ0n) is 25.9. The number of carbonyl (C=O) groups is 1. The van der Waals surface area contributed by atoms with Crippen LogP contribution in [0.25, 0.3) is 10.8 Å². The van der Waals surface area contributed by atoms with E-state index in [1.54, 1.807) is 12.4 Å². The maximum Gasteiger partial charge on any atom is 0.271 e. The number of halogens is 2. The first-order valence-corrected chi connectivity index (χ1v) is 17.8. The fraction of sp³-hybridized carbons (Fsp3) is 0.545. The Kier molecular flexibility index (Phi) is 9.56. The number of amides is 1. The molecule has 1 unspecified atom stereocenters. The molecule has 4 heterocycles. The third-order valence-corrected chi connectivity index (χ3v) is 10.8. The Bertz CT molecular complexity index is 1630. The first-order valence-electron chi connectivity index (χ1n) is 15.9. The number of sulfonamides is 1. The molecule has 248 valence electrons. The van der Waals surface area contributed by atoms with Gasteiger partial charge in [-0.2, -0.15) is 4.31 Å². The minimum atomic E-state index is -3.38. The molecule has 3 atom stereocenters. The van der Waals surface area contributed by atoms with Gasteiger partial charge in [-0.15, -0.1) is 0 Å². The van der Waals surface area contributed by atoms with Gasteiger partial charge in [-0.05, 0) is 56.2 Å². The lowest BCUT2D eigenvalue weighted by Crippen LogP contribution is -2.51. The third-order valence-electron chi connectivity index (χ3n) is 9.57. The molecule has 3 aromatic rings. The van der Waals surface area contributed by atoms with Crippen molar-refractivity contribution in [3.63, 3.8) is 0 Å². The summed E-state index contributed by atoms with van der Waals surface area (Å²) in [5.41, 5.74) is 1.93. The van der Waals surface area contributed by atoms with Crippen molar-refractivity contribution in [1.29, 1.82) is 0 Å². The molecule has 2 aliphatic heterocycles. The van der Waals surface area contributed by atoms with Gasteiger partial charge in [-0.3, -0.25) is 9.78 Å². The van der Waals surface area contributed by atoms with E-state index in [-0.39, 0.29) is 43.3 Å². The maximum absolute atomic E-state index is 13.8. The van der Waals surface area contributed by atoms with Crippen LogP contribution in [0.4, 0.5) is 14.6 Å². The Labute approximate surface area is 268 Å². The second kappa shape index (κ2) is 13.5. The van der Waals surface area contributed by atoms with Gasteiger partial charge in [0.15, 0.2) is 0 Å². The van der Waals surface area contributed by atoms with Gasteiger partial charge in [0.05, 0.1) is 24.1 Å². The number of ether oxygens (including phenoxy) is 1. The van der Waals surface area contributed by atoms with Gasteiger partial charge >= 0.3 is 0 Å². The fourth-order valence-corrected chi connectivity index (χ4v) is 7.84. The lowest BCUT2D eigenvalue weighted by Gasteiger charge is -2.40. The Hall–Kier alpha value is -3.26. The Morgan fingerprint density at radius 1 is 1.11 bits per heavy atom. The quantitative estimate of drug-likeness (QED) is 0.368. The normalized spacial score (nSPS) is 27.3. The van der Waals surface area contributed by atoms with Gasteiger partial charge in [0.2, 0.25) is 10.0 Å². The van der Waals surface area contributed by atoms with E-state index in [1.165, 1.54) is 4.31 Å². The zero-order valence-corrected chi connectivity index (χ0v) is 26.7. The molecule has 10 nitrogen and oxygen atoms in total. The summed E-state index contributed by atoms with van der Waals surface area (Å²) in [6.45, 7) is 0.0175. The molecule has 0 spiro atoms. The number of nitrogens with one attached hydrogen (secondary N) is 1. The molecule has 1 amide bonds. The van der Waals surface area contributed by atoms with Gasteiger partial charge in [-0.1, -0.05) is 30.3 Å². The number of nitrogens with zero attached hydrogens (tertiary/aromatic N) is 4. The van der Waals surface area contributed by atoms with Crippen molar-refractivity contribution in [2.24, 2.45) is 0 Å². The average Bonchev–Trinajstić information content (AvgIpc) is 3.04. The summed E-state index contributed by atoms with van der Waals surface area (Å²) < 4.78 is 58.1. The number of pyridine rings is 2. The molecule has 3 aliphatic rings. The Morgan fingerprint density at radius 3 is 2.54 bits per heavy atom. The first kappa shape index (κ1) is 32.7. The highest BCUT2D eigenvalue weighted by atomic mass is 32.2. The van der Waals surface area contributed by atoms with Gasteiger partial charge < -0.3 is 20.1 Å². The number of hydrogen-bond acceptors (Lipinski definition) is 8. The summed E-state index contributed by atoms with van der Waals surface area (Å²) in [6.07, 6.45) is 6.15. The van der Waals surface area contributed by atoms with Crippen LogP contribution in [-0.4, -0.2) is 94.8 Å². The molecule has 1 aliphatic carbocycles. The van der Waals surface area contributed by atoms with Crippen molar-refractivity contribution in [2.45, 2.75) is 87.6 Å². The fourth-order valence-electron chi connectivity index (χ4n) is 6.98. The molecule has 2 N–H and O–H groups in total. The monoisotopic (exact) mass is 657 g/mol. The summed E-state index contributed by atoms with van der Waals surface area (Å²) in [6, 6.07) is 13.2. The number of rotatable bonds is 8. The Morgan fingerprint density at radius 2 is 1.87 bits per heavy atom. The second-order valence-corrected chi connectivity index (χ2v) is 14.8. The predicted molar refractivity (Wildman–Crippen MR) is 170 cm³/mol. The summed E-state index contributed by atoms with van der Waals surface area (Å²) in [5.74, 6) is -2.38. The lowest BCUT2D eigenvalue weighted by atomic mass is 9.81. The van der Waals surface area contributed by atoms with Crippen molar-refractivity contribution in [2.75, 3.05) is 31.3 Å². The summed E-state index contributed by atoms with van der Waals surface area (Å²) in [7, 11) is -3.38. The third kappa shape index (κ3) is 7.48. The first-order chi connectivity index (χ1) is 22.0. The largest absolute Gasteiger partial charge is 0.390 e. The molecule has 0 radical (unpaired) electrons. The molecule has 1 aromatic carbocycles. The second-order valence-electron chi connectivity index (χ2n) is 12.9. The molecule has 13 heteroatoms. The minimum Gasteiger partial charge on any atom is -0.390 e. The standard InChI is InChI=1S/C33H41F2N5O5S/c1-46(43,44)39-16-13-27(28(41)20-39)38-30-17-26-24(18-37-30)12-15-36-31(26)23-7-9-25(10-8-23)40(19-22-5-3-2-4-6-22)32(42)29-11-14-33(34,35)21-45-29/h2-6,12,15,17-18,23,25,27-29,41H,7-11,13-14,16,19-21H2,1H3,(H,37,38)/t23?,25?,27-,28-,29?/m1/s1. The van der Waals surface area contributed by atoms with E-state index in [4.69, 9.17) is 9.72 Å². The van der Waals surface area contributed by atoms with Crippen LogP contribution in [0.1, 0.15) is 62.1 Å². The molecule has 3 fully saturated rings. The van der Waals surface area contributed by atoms with Crippen LogP contribution in [0.15, 0.2) is 54.9 Å². The van der Waals surface area contributed by atoms with E-state index >= 15 is 0 Å². The van der Waals surface area contributed by atoms with Crippen LogP contribution >= 0.6 is 0 Å². The van der Waals surface area contributed by atoms with Crippen molar-refractivity contribution in [1.82, 2.24) is 19.2 Å². The highest BCUT2D eigenvalue weighted by Gasteiger charge is 2.41. The molecule has 6 rings (SSSR count). The van der Waals surface area contributed by atoms with Crippen LogP contribution in [0.5, 0.6) is 0 Å². The molecular weight excluding hydrogens is 616 g/mol. The summed E-state index contributed by atoms with van der Waals surface area (Å²) in [5, 5.41) is 15.9. The number of β-amino-alcohol motifs (C(OH)–C–C–N with tert-alkyl or cyclic N) is 1. The number of anilines is 1. The topological polar surface area (TPSA) is 125 Å². The number of carbonyl (C=O) groups excluding carboxylic acids is 1. The molecule has 46 heavy (non-hydrogen) atoms. The molecule has 1 saturated carbocycles. The predicted octanol–water partition coefficient (Wildman–Crippen LogP) is 4.31. The molecule has 2 aromatic heterocycles. The number of aliphatic hydroxyl groups is 1. The van der Waals surface area contributed by atoms with Crippen molar-refractivity contribution in [3.8, 4) is 0 Å². The minimum absolute atomic E-state index is 0.00461. The number of aromatic nitrogens is 2. The SMILES string of the molecule is CS(=O)(=O)N1CC[C@@H](Nc2cc3c(C4CCC(N(Cc5ccccc5)C(=O)C5CCC(F)(F)CO5)CC4)nccc3cn2)[C@H](O)C1. The number of fused-ring (bicyclic) bond motifs is 1. The molecule has 2 saturated heterocycles. The van der Waals surface area contributed by atoms with Crippen LogP contribution < -0.4 is 5.32 Å². The lowest BCUT2D eigenvalue weighted by molar-refractivity contribution is -0.172. The van der Waals surface area contributed by atoms with E-state index < -0.39 is 34.8 Å². The zero-order chi connectivity index (χ0) is 32.5. The average molecular weight is 658 g/mol. The number of hydrogen-bond donors (Lipinski definition) is 2. The van der Waals surface area contributed by atoms with E-state index in [0.717, 1.165) is 54.0 Å². The molecule has 0 bridgehead atoms. The van der Waals surface area contributed by atoms with Gasteiger partial charge in [-0.25, -0.2) is 22.2 Å². The number of benzene rings is 1. The van der Waals surface area contributed by atoms with E-state index in [9.17, 15) is 27.1 Å². The van der Waals surface area contributed by atoms with Crippen LogP contribution in [0.2, 0.25) is 0 Å². The highest BCUT2D eigenvalue weighted by Crippen LogP contribution is 2.38. The van der Waals surface area contributed by atoms with E-state index in [1.807, 2.05) is 47.4 Å². The van der Waals surface area contributed by atoms with Crippen LogP contribution in [-0.2, 0) is 26.1 Å². The number of piperidine rings is 1. The highest BCUT2D eigenvalue weighted by molar-refractivity contribution is 7.88. The summed E-state index contributed by atoms with van der Waals surface area (Å²) >= 11 is 0. The van der Waals surface area contributed by atoms with Crippen molar-refractivity contribution < 1.29 is 31.8 Å². The van der Waals surface area contributed by atoms with Crippen molar-refractivity contribution >= 4 is 32.5 Å². The smallest absolute Gasteiger partial charge is 0.271 e. The number of aliphatic hydroxyl groups excluding tert-OH is 1.